The number of anilines is 2. The SMILES string of the molecule is CC(C)(C)c1cc(C(=N)c2ccccc2Nc2cc(-c3ccccc3)cc(-c3[nH]cc4ccccc34)n2)c(O)c(C(C)(C)C)c1. The lowest BCUT2D eigenvalue weighted by Gasteiger charge is -2.28. The maximum atomic E-state index is 11.5. The van der Waals surface area contributed by atoms with Gasteiger partial charge in [-0.1, -0.05) is 120 Å². The highest BCUT2D eigenvalue weighted by molar-refractivity contribution is 6.16. The molecule has 0 aliphatic heterocycles. The van der Waals surface area contributed by atoms with Crippen LogP contribution in [0.2, 0.25) is 0 Å². The Balaban J connectivity index is 1.47. The molecule has 4 aromatic carbocycles. The number of phenolic OH excluding ortho intramolecular Hbond substituents is 1. The summed E-state index contributed by atoms with van der Waals surface area (Å²) in [5, 5.41) is 26.7. The molecule has 0 aliphatic rings. The maximum absolute atomic E-state index is 11.5. The van der Waals surface area contributed by atoms with Crippen molar-refractivity contribution in [3.63, 3.8) is 0 Å². The lowest BCUT2D eigenvalue weighted by atomic mass is 9.78. The molecule has 5 heteroatoms. The number of fused-ring (bicyclic) bond motifs is 1. The van der Waals surface area contributed by atoms with E-state index in [-0.39, 0.29) is 22.3 Å². The summed E-state index contributed by atoms with van der Waals surface area (Å²) in [5.74, 6) is 0.814. The van der Waals surface area contributed by atoms with Crippen molar-refractivity contribution in [3.8, 4) is 28.3 Å². The quantitative estimate of drug-likeness (QED) is 0.145. The Bertz CT molecular complexity index is 2020. The summed E-state index contributed by atoms with van der Waals surface area (Å²) in [7, 11) is 0. The monoisotopic (exact) mass is 592 g/mol. The maximum Gasteiger partial charge on any atom is 0.131 e. The van der Waals surface area contributed by atoms with Gasteiger partial charge in [-0.3, -0.25) is 5.41 Å². The van der Waals surface area contributed by atoms with Crippen LogP contribution in [0.4, 0.5) is 11.5 Å². The van der Waals surface area contributed by atoms with Gasteiger partial charge in [-0.05, 0) is 57.2 Å². The van der Waals surface area contributed by atoms with Crippen molar-refractivity contribution in [2.75, 3.05) is 5.32 Å². The van der Waals surface area contributed by atoms with Gasteiger partial charge in [-0.25, -0.2) is 4.98 Å². The van der Waals surface area contributed by atoms with Crippen LogP contribution in [-0.4, -0.2) is 20.8 Å². The predicted molar refractivity (Wildman–Crippen MR) is 188 cm³/mol. The molecule has 6 rings (SSSR count). The van der Waals surface area contributed by atoms with Crippen LogP contribution in [0, 0.1) is 5.41 Å². The molecule has 226 valence electrons. The average molecular weight is 593 g/mol. The number of aromatic amines is 1. The molecular formula is C40H40N4O. The normalized spacial score (nSPS) is 12.0. The van der Waals surface area contributed by atoms with Gasteiger partial charge in [0.2, 0.25) is 0 Å². The summed E-state index contributed by atoms with van der Waals surface area (Å²) in [4.78, 5) is 8.51. The summed E-state index contributed by atoms with van der Waals surface area (Å²) < 4.78 is 0. The number of hydrogen-bond acceptors (Lipinski definition) is 4. The molecule has 0 spiro atoms. The number of phenols is 1. The number of aromatic nitrogens is 2. The molecule has 4 N–H and O–H groups in total. The topological polar surface area (TPSA) is 84.8 Å². The first-order valence-corrected chi connectivity index (χ1v) is 15.4. The van der Waals surface area contributed by atoms with Gasteiger partial charge in [-0.2, -0.15) is 0 Å². The highest BCUT2D eigenvalue weighted by atomic mass is 16.3. The Labute approximate surface area is 265 Å². The van der Waals surface area contributed by atoms with Gasteiger partial charge in [0, 0.05) is 34.0 Å². The fourth-order valence-corrected chi connectivity index (χ4v) is 5.73. The van der Waals surface area contributed by atoms with Crippen molar-refractivity contribution in [1.29, 1.82) is 5.41 Å². The van der Waals surface area contributed by atoms with Gasteiger partial charge >= 0.3 is 0 Å². The molecule has 6 aromatic rings. The minimum absolute atomic E-state index is 0.152. The molecule has 45 heavy (non-hydrogen) atoms. The number of nitrogens with zero attached hydrogens (tertiary/aromatic N) is 1. The number of hydrogen-bond donors (Lipinski definition) is 4. The van der Waals surface area contributed by atoms with Crippen molar-refractivity contribution in [1.82, 2.24) is 9.97 Å². The van der Waals surface area contributed by atoms with Gasteiger partial charge in [0.05, 0.1) is 17.1 Å². The molecule has 0 amide bonds. The summed E-state index contributed by atoms with van der Waals surface area (Å²) in [6, 6.07) is 34.5. The van der Waals surface area contributed by atoms with Gasteiger partial charge in [-0.15, -0.1) is 0 Å². The highest BCUT2D eigenvalue weighted by Crippen LogP contribution is 2.39. The van der Waals surface area contributed by atoms with Crippen LogP contribution in [0.5, 0.6) is 5.75 Å². The largest absolute Gasteiger partial charge is 0.507 e. The van der Waals surface area contributed by atoms with Crippen LogP contribution in [-0.2, 0) is 10.8 Å². The van der Waals surface area contributed by atoms with E-state index in [9.17, 15) is 10.5 Å². The van der Waals surface area contributed by atoms with Crippen LogP contribution in [0.15, 0.2) is 109 Å². The van der Waals surface area contributed by atoms with Crippen LogP contribution >= 0.6 is 0 Å². The van der Waals surface area contributed by atoms with Gasteiger partial charge in [0.25, 0.3) is 0 Å². The first kappa shape index (κ1) is 29.9. The third-order valence-corrected chi connectivity index (χ3v) is 8.30. The minimum Gasteiger partial charge on any atom is -0.507 e. The van der Waals surface area contributed by atoms with Crippen molar-refractivity contribution in [2.24, 2.45) is 0 Å². The van der Waals surface area contributed by atoms with Crippen LogP contribution in [0.1, 0.15) is 63.8 Å². The zero-order valence-electron chi connectivity index (χ0n) is 26.8. The number of aromatic hydroxyl groups is 1. The molecule has 0 saturated carbocycles. The Morgan fingerprint density at radius 1 is 0.733 bits per heavy atom. The van der Waals surface area contributed by atoms with Gasteiger partial charge in [0.1, 0.15) is 11.6 Å². The first-order valence-electron chi connectivity index (χ1n) is 15.4. The summed E-state index contributed by atoms with van der Waals surface area (Å²) in [5.41, 5.74) is 7.53. The molecule has 0 radical (unpaired) electrons. The summed E-state index contributed by atoms with van der Waals surface area (Å²) in [6.07, 6.45) is 2.01. The Kier molecular flexibility index (Phi) is 7.57. The molecule has 2 heterocycles. The summed E-state index contributed by atoms with van der Waals surface area (Å²) in [6.45, 7) is 12.7. The second kappa shape index (κ2) is 11.4. The zero-order chi connectivity index (χ0) is 31.9. The van der Waals surface area contributed by atoms with E-state index in [4.69, 9.17) is 4.98 Å². The van der Waals surface area contributed by atoms with Crippen molar-refractivity contribution in [2.45, 2.75) is 52.4 Å². The lowest BCUT2D eigenvalue weighted by Crippen LogP contribution is -2.19. The first-order chi connectivity index (χ1) is 21.4. The van der Waals surface area contributed by atoms with Crippen LogP contribution < -0.4 is 5.32 Å². The number of benzene rings is 4. The lowest BCUT2D eigenvalue weighted by molar-refractivity contribution is 0.443. The standard InChI is InChI=1S/C40H40N4O/c1-39(2,3)28-22-31(38(45)32(23-28)40(4,5)6)36(41)30-18-12-13-19-33(30)43-35-21-27(25-14-8-7-9-15-25)20-34(44-35)37-29-17-11-10-16-26(29)24-42-37/h7-24,41-42,45H,1-6H3,(H,43,44). The van der Waals surface area contributed by atoms with Crippen molar-refractivity contribution in [3.05, 3.63) is 132 Å². The zero-order valence-corrected chi connectivity index (χ0v) is 26.8. The van der Waals surface area contributed by atoms with Crippen LogP contribution in [0.25, 0.3) is 33.3 Å². The molecular weight excluding hydrogens is 552 g/mol. The molecule has 0 unspecified atom stereocenters. The number of rotatable bonds is 6. The highest BCUT2D eigenvalue weighted by Gasteiger charge is 2.27. The van der Waals surface area contributed by atoms with Gasteiger partial charge < -0.3 is 15.4 Å². The van der Waals surface area contributed by atoms with E-state index in [2.05, 4.69) is 88.2 Å². The fourth-order valence-electron chi connectivity index (χ4n) is 5.73. The number of H-pyrrole nitrogens is 1. The third kappa shape index (κ3) is 5.99. The van der Waals surface area contributed by atoms with E-state index < -0.39 is 0 Å². The Morgan fingerprint density at radius 2 is 1.42 bits per heavy atom. The Hall–Kier alpha value is -5.16. The molecule has 0 aliphatic carbocycles. The van der Waals surface area contributed by atoms with E-state index in [1.54, 1.807) is 0 Å². The smallest absolute Gasteiger partial charge is 0.131 e. The number of para-hydroxylation sites is 1. The molecule has 0 bridgehead atoms. The van der Waals surface area contributed by atoms with Gasteiger partial charge in [0.15, 0.2) is 0 Å². The second-order valence-corrected chi connectivity index (χ2v) is 13.7. The fraction of sp³-hybridized carbons (Fsp3) is 0.200. The number of pyridine rings is 1. The molecule has 0 fully saturated rings. The van der Waals surface area contributed by atoms with E-state index >= 15 is 0 Å². The van der Waals surface area contributed by atoms with E-state index in [1.165, 1.54) is 0 Å². The van der Waals surface area contributed by atoms with Crippen LogP contribution in [0.3, 0.4) is 0 Å². The predicted octanol–water partition coefficient (Wildman–Crippen LogP) is 10.4. The van der Waals surface area contributed by atoms with E-state index in [0.29, 0.717) is 16.9 Å². The molecule has 0 atom stereocenters. The molecule has 0 saturated heterocycles. The Morgan fingerprint density at radius 3 is 2.16 bits per heavy atom. The van der Waals surface area contributed by atoms with Crippen molar-refractivity contribution < 1.29 is 5.11 Å². The molecule has 2 aromatic heterocycles. The average Bonchev–Trinajstić information content (AvgIpc) is 3.45. The number of nitrogens with one attached hydrogen (secondary N) is 3. The van der Waals surface area contributed by atoms with E-state index in [0.717, 1.165) is 50.1 Å². The van der Waals surface area contributed by atoms with Crippen molar-refractivity contribution >= 4 is 28.0 Å². The molecule has 5 nitrogen and oxygen atoms in total. The third-order valence-electron chi connectivity index (χ3n) is 8.30. The van der Waals surface area contributed by atoms with E-state index in [1.807, 2.05) is 72.9 Å². The summed E-state index contributed by atoms with van der Waals surface area (Å²) >= 11 is 0. The minimum atomic E-state index is -0.293. The second-order valence-electron chi connectivity index (χ2n) is 13.7.